The summed E-state index contributed by atoms with van der Waals surface area (Å²) in [6.07, 6.45) is 5.55. The van der Waals surface area contributed by atoms with Gasteiger partial charge in [0.05, 0.1) is 13.2 Å². The number of nitrogens with one attached hydrogen (secondary N) is 1. The molecule has 0 saturated carbocycles. The van der Waals surface area contributed by atoms with Gasteiger partial charge in [0, 0.05) is 31.4 Å². The highest BCUT2D eigenvalue weighted by Gasteiger charge is 2.15. The van der Waals surface area contributed by atoms with Crippen LogP contribution in [0.25, 0.3) is 0 Å². The fourth-order valence-corrected chi connectivity index (χ4v) is 2.73. The summed E-state index contributed by atoms with van der Waals surface area (Å²) >= 11 is 0. The smallest absolute Gasteiger partial charge is 0.303 e. The SMILES string of the molecule is O=C(O)CCCCCCNC(=O)c1ccc(OC2CCOCC2)cc1. The molecule has 6 heteroatoms. The number of carboxylic acids is 1. The van der Waals surface area contributed by atoms with E-state index in [2.05, 4.69) is 5.32 Å². The number of amides is 1. The van der Waals surface area contributed by atoms with Crippen LogP contribution in [0.15, 0.2) is 24.3 Å². The van der Waals surface area contributed by atoms with Crippen LogP contribution in [-0.4, -0.2) is 42.8 Å². The van der Waals surface area contributed by atoms with Gasteiger partial charge in [-0.2, -0.15) is 0 Å². The van der Waals surface area contributed by atoms with E-state index in [0.717, 1.165) is 51.1 Å². The van der Waals surface area contributed by atoms with Gasteiger partial charge < -0.3 is 19.9 Å². The van der Waals surface area contributed by atoms with E-state index in [4.69, 9.17) is 14.6 Å². The van der Waals surface area contributed by atoms with E-state index in [9.17, 15) is 9.59 Å². The molecule has 0 bridgehead atoms. The Hall–Kier alpha value is -2.08. The third-order valence-corrected chi connectivity index (χ3v) is 4.19. The second-order valence-electron chi connectivity index (χ2n) is 6.27. The summed E-state index contributed by atoms with van der Waals surface area (Å²) in [5.74, 6) is -0.0671. The zero-order chi connectivity index (χ0) is 17.9. The largest absolute Gasteiger partial charge is 0.490 e. The molecule has 1 fully saturated rings. The Morgan fingerprint density at radius 2 is 1.76 bits per heavy atom. The minimum atomic E-state index is -0.752. The minimum absolute atomic E-state index is 0.0943. The lowest BCUT2D eigenvalue weighted by atomic mass is 10.1. The number of hydrogen-bond acceptors (Lipinski definition) is 4. The Bertz CT molecular complexity index is 537. The monoisotopic (exact) mass is 349 g/mol. The van der Waals surface area contributed by atoms with Gasteiger partial charge in [0.1, 0.15) is 11.9 Å². The maximum Gasteiger partial charge on any atom is 0.303 e. The van der Waals surface area contributed by atoms with Crippen LogP contribution in [0, 0.1) is 0 Å². The number of unbranched alkanes of at least 4 members (excludes halogenated alkanes) is 3. The van der Waals surface area contributed by atoms with Crippen LogP contribution in [0.3, 0.4) is 0 Å². The topological polar surface area (TPSA) is 84.9 Å². The molecule has 1 aliphatic heterocycles. The van der Waals surface area contributed by atoms with E-state index in [1.54, 1.807) is 12.1 Å². The standard InChI is InChI=1S/C19H27NO5/c21-18(22)5-3-1-2-4-12-20-19(23)15-6-8-16(9-7-15)25-17-10-13-24-14-11-17/h6-9,17H,1-5,10-14H2,(H,20,23)(H,21,22). The number of carbonyl (C=O) groups excluding carboxylic acids is 1. The van der Waals surface area contributed by atoms with Crippen LogP contribution < -0.4 is 10.1 Å². The summed E-state index contributed by atoms with van der Waals surface area (Å²) in [6, 6.07) is 7.21. The van der Waals surface area contributed by atoms with Gasteiger partial charge in [-0.1, -0.05) is 12.8 Å². The van der Waals surface area contributed by atoms with Crippen molar-refractivity contribution < 1.29 is 24.2 Å². The lowest BCUT2D eigenvalue weighted by Crippen LogP contribution is -2.26. The van der Waals surface area contributed by atoms with Crippen molar-refractivity contribution in [1.82, 2.24) is 5.32 Å². The second kappa shape index (κ2) is 10.7. The Morgan fingerprint density at radius 1 is 1.08 bits per heavy atom. The molecule has 1 aromatic carbocycles. The summed E-state index contributed by atoms with van der Waals surface area (Å²) in [4.78, 5) is 22.5. The van der Waals surface area contributed by atoms with Crippen molar-refractivity contribution >= 4 is 11.9 Å². The molecule has 6 nitrogen and oxygen atoms in total. The van der Waals surface area contributed by atoms with Gasteiger partial charge in [0.2, 0.25) is 0 Å². The Balaban J connectivity index is 1.63. The van der Waals surface area contributed by atoms with Gasteiger partial charge in [-0.3, -0.25) is 9.59 Å². The van der Waals surface area contributed by atoms with Crippen LogP contribution in [0.4, 0.5) is 0 Å². The van der Waals surface area contributed by atoms with E-state index < -0.39 is 5.97 Å². The Morgan fingerprint density at radius 3 is 2.44 bits per heavy atom. The predicted octanol–water partition coefficient (Wildman–Crippen LogP) is 3.01. The molecule has 1 aliphatic rings. The molecule has 2 rings (SSSR count). The lowest BCUT2D eigenvalue weighted by Gasteiger charge is -2.23. The third-order valence-electron chi connectivity index (χ3n) is 4.19. The molecule has 0 unspecified atom stereocenters. The van der Waals surface area contributed by atoms with E-state index in [0.29, 0.717) is 18.5 Å². The first-order chi connectivity index (χ1) is 12.1. The van der Waals surface area contributed by atoms with E-state index in [-0.39, 0.29) is 18.4 Å². The van der Waals surface area contributed by atoms with Gasteiger partial charge >= 0.3 is 5.97 Å². The molecule has 25 heavy (non-hydrogen) atoms. The quantitative estimate of drug-likeness (QED) is 0.634. The van der Waals surface area contributed by atoms with Crippen LogP contribution in [0.1, 0.15) is 55.3 Å². The Labute approximate surface area is 148 Å². The maximum atomic E-state index is 12.1. The molecule has 1 aromatic rings. The summed E-state index contributed by atoms with van der Waals surface area (Å²) < 4.78 is 11.2. The van der Waals surface area contributed by atoms with E-state index >= 15 is 0 Å². The van der Waals surface area contributed by atoms with Crippen LogP contribution >= 0.6 is 0 Å². The van der Waals surface area contributed by atoms with Gasteiger partial charge in [0.15, 0.2) is 0 Å². The highest BCUT2D eigenvalue weighted by atomic mass is 16.5. The summed E-state index contributed by atoms with van der Waals surface area (Å²) in [5, 5.41) is 11.4. The zero-order valence-corrected chi connectivity index (χ0v) is 14.5. The number of carboxylic acid groups (broad SMARTS) is 1. The molecule has 1 saturated heterocycles. The van der Waals surface area contributed by atoms with Crippen LogP contribution in [0.2, 0.25) is 0 Å². The fraction of sp³-hybridized carbons (Fsp3) is 0.579. The average Bonchev–Trinajstić information content (AvgIpc) is 2.62. The molecule has 0 spiro atoms. The molecule has 0 aliphatic carbocycles. The van der Waals surface area contributed by atoms with E-state index in [1.165, 1.54) is 0 Å². The zero-order valence-electron chi connectivity index (χ0n) is 14.5. The van der Waals surface area contributed by atoms with Crippen molar-refractivity contribution in [3.8, 4) is 5.75 Å². The summed E-state index contributed by atoms with van der Waals surface area (Å²) in [5.41, 5.74) is 0.616. The number of hydrogen-bond donors (Lipinski definition) is 2. The molecular formula is C19H27NO5. The predicted molar refractivity (Wildman–Crippen MR) is 94.0 cm³/mol. The van der Waals surface area contributed by atoms with E-state index in [1.807, 2.05) is 12.1 Å². The number of ether oxygens (including phenoxy) is 2. The number of rotatable bonds is 10. The fourth-order valence-electron chi connectivity index (χ4n) is 2.73. The number of carbonyl (C=O) groups is 2. The molecule has 1 heterocycles. The average molecular weight is 349 g/mol. The van der Waals surface area contributed by atoms with Crippen molar-refractivity contribution in [2.24, 2.45) is 0 Å². The molecule has 0 atom stereocenters. The van der Waals surface area contributed by atoms with Crippen molar-refractivity contribution in [3.05, 3.63) is 29.8 Å². The van der Waals surface area contributed by atoms with Crippen LogP contribution in [0.5, 0.6) is 5.75 Å². The summed E-state index contributed by atoms with van der Waals surface area (Å²) in [6.45, 7) is 2.08. The highest BCUT2D eigenvalue weighted by molar-refractivity contribution is 5.94. The molecule has 138 valence electrons. The Kier molecular flexibility index (Phi) is 8.25. The molecule has 1 amide bonds. The molecule has 0 aromatic heterocycles. The molecule has 2 N–H and O–H groups in total. The normalized spacial score (nSPS) is 14.9. The number of aliphatic carboxylic acids is 1. The first kappa shape index (κ1) is 19.2. The van der Waals surface area contributed by atoms with Crippen molar-refractivity contribution in [3.63, 3.8) is 0 Å². The maximum absolute atomic E-state index is 12.1. The van der Waals surface area contributed by atoms with Gasteiger partial charge in [-0.05, 0) is 37.1 Å². The van der Waals surface area contributed by atoms with Crippen molar-refractivity contribution in [2.75, 3.05) is 19.8 Å². The van der Waals surface area contributed by atoms with Crippen molar-refractivity contribution in [2.45, 2.75) is 51.0 Å². The first-order valence-corrected chi connectivity index (χ1v) is 8.99. The second-order valence-corrected chi connectivity index (χ2v) is 6.27. The molecular weight excluding hydrogens is 322 g/mol. The highest BCUT2D eigenvalue weighted by Crippen LogP contribution is 2.18. The van der Waals surface area contributed by atoms with Gasteiger partial charge in [-0.25, -0.2) is 0 Å². The number of benzene rings is 1. The minimum Gasteiger partial charge on any atom is -0.490 e. The van der Waals surface area contributed by atoms with Gasteiger partial charge in [0.25, 0.3) is 5.91 Å². The van der Waals surface area contributed by atoms with Crippen molar-refractivity contribution in [1.29, 1.82) is 0 Å². The van der Waals surface area contributed by atoms with Crippen LogP contribution in [-0.2, 0) is 9.53 Å². The lowest BCUT2D eigenvalue weighted by molar-refractivity contribution is -0.137. The summed E-state index contributed by atoms with van der Waals surface area (Å²) in [7, 11) is 0. The third kappa shape index (κ3) is 7.56. The first-order valence-electron chi connectivity index (χ1n) is 8.99. The molecule has 0 radical (unpaired) electrons. The van der Waals surface area contributed by atoms with Gasteiger partial charge in [-0.15, -0.1) is 0 Å².